The minimum atomic E-state index is -0.886. The molecule has 0 unspecified atom stereocenters. The average molecular weight is 218 g/mol. The molecule has 0 aliphatic rings. The predicted molar refractivity (Wildman–Crippen MR) is 62.6 cm³/mol. The molecular weight excluding hydrogens is 204 g/mol. The summed E-state index contributed by atoms with van der Waals surface area (Å²) < 4.78 is 1.87. The molecule has 0 amide bonds. The first-order valence-electron chi connectivity index (χ1n) is 5.10. The van der Waals surface area contributed by atoms with Gasteiger partial charge in [-0.25, -0.2) is 4.79 Å². The van der Waals surface area contributed by atoms with Crippen molar-refractivity contribution in [1.29, 1.82) is 0 Å². The topological polar surface area (TPSA) is 54.3 Å². The van der Waals surface area contributed by atoms with Crippen LogP contribution in [0, 0.1) is 0 Å². The molecule has 0 atom stereocenters. The Hall–Kier alpha value is -1.81. The van der Waals surface area contributed by atoms with Crippen LogP contribution in [-0.2, 0) is 13.6 Å². The van der Waals surface area contributed by atoms with Crippen LogP contribution in [0.3, 0.4) is 0 Å². The lowest BCUT2D eigenvalue weighted by Gasteiger charge is -2.01. The highest BCUT2D eigenvalue weighted by atomic mass is 16.4. The Balaban J connectivity index is 2.74. The van der Waals surface area contributed by atoms with Crippen molar-refractivity contribution >= 4 is 16.9 Å². The van der Waals surface area contributed by atoms with Crippen LogP contribution in [-0.4, -0.2) is 22.7 Å². The number of nitrogens with one attached hydrogen (secondary N) is 1. The van der Waals surface area contributed by atoms with Crippen LogP contribution in [0.2, 0.25) is 0 Å². The van der Waals surface area contributed by atoms with E-state index in [1.165, 1.54) is 0 Å². The zero-order chi connectivity index (χ0) is 11.7. The molecule has 0 radical (unpaired) electrons. The Morgan fingerprint density at radius 3 is 2.88 bits per heavy atom. The van der Waals surface area contributed by atoms with Crippen LogP contribution >= 0.6 is 0 Å². The number of aromatic carboxylic acids is 1. The maximum absolute atomic E-state index is 11.1. The van der Waals surface area contributed by atoms with Gasteiger partial charge in [0.2, 0.25) is 0 Å². The Morgan fingerprint density at radius 2 is 2.25 bits per heavy atom. The summed E-state index contributed by atoms with van der Waals surface area (Å²) >= 11 is 0. The summed E-state index contributed by atoms with van der Waals surface area (Å²) in [6.45, 7) is 0.737. The highest BCUT2D eigenvalue weighted by molar-refractivity contribution is 6.03. The highest BCUT2D eigenvalue weighted by Gasteiger charge is 2.13. The molecule has 0 fully saturated rings. The standard InChI is InChI=1S/C12H14N2O2/c1-13-6-8-7-14(2)11-9(8)4-3-5-10(11)12(15)16/h3-5,7,13H,6H2,1-2H3,(H,15,16). The quantitative estimate of drug-likeness (QED) is 0.822. The predicted octanol–water partition coefficient (Wildman–Crippen LogP) is 1.60. The normalized spacial score (nSPS) is 10.9. The number of rotatable bonds is 3. The van der Waals surface area contributed by atoms with Crippen LogP contribution in [0.25, 0.3) is 10.9 Å². The second kappa shape index (κ2) is 3.98. The number of carbonyl (C=O) groups is 1. The molecule has 0 saturated carbocycles. The molecule has 0 aliphatic heterocycles. The summed E-state index contributed by atoms with van der Waals surface area (Å²) in [5, 5.41) is 13.2. The first kappa shape index (κ1) is 10.7. The maximum atomic E-state index is 11.1. The lowest BCUT2D eigenvalue weighted by molar-refractivity contribution is 0.0698. The third kappa shape index (κ3) is 1.57. The lowest BCUT2D eigenvalue weighted by Crippen LogP contribution is -2.04. The SMILES string of the molecule is CNCc1cn(C)c2c(C(=O)O)cccc12. The van der Waals surface area contributed by atoms with Crippen molar-refractivity contribution in [3.63, 3.8) is 0 Å². The van der Waals surface area contributed by atoms with E-state index in [1.807, 2.05) is 30.9 Å². The van der Waals surface area contributed by atoms with Gasteiger partial charge in [0, 0.05) is 25.2 Å². The van der Waals surface area contributed by atoms with E-state index in [2.05, 4.69) is 5.32 Å². The number of aryl methyl sites for hydroxylation is 1. The van der Waals surface area contributed by atoms with Crippen molar-refractivity contribution in [3.8, 4) is 0 Å². The fraction of sp³-hybridized carbons (Fsp3) is 0.250. The van der Waals surface area contributed by atoms with Gasteiger partial charge in [0.25, 0.3) is 0 Å². The van der Waals surface area contributed by atoms with Crippen molar-refractivity contribution in [2.75, 3.05) is 7.05 Å². The van der Waals surface area contributed by atoms with E-state index in [4.69, 9.17) is 5.11 Å². The minimum absolute atomic E-state index is 0.349. The van der Waals surface area contributed by atoms with Gasteiger partial charge in [-0.1, -0.05) is 12.1 Å². The van der Waals surface area contributed by atoms with E-state index in [0.29, 0.717) is 5.56 Å². The van der Waals surface area contributed by atoms with Crippen LogP contribution in [0.5, 0.6) is 0 Å². The highest BCUT2D eigenvalue weighted by Crippen LogP contribution is 2.24. The monoisotopic (exact) mass is 218 g/mol. The summed E-state index contributed by atoms with van der Waals surface area (Å²) in [6.07, 6.45) is 1.97. The summed E-state index contributed by atoms with van der Waals surface area (Å²) in [7, 11) is 3.74. The number of hydrogen-bond acceptors (Lipinski definition) is 2. The summed E-state index contributed by atoms with van der Waals surface area (Å²) in [6, 6.07) is 5.37. The van der Waals surface area contributed by atoms with Gasteiger partial charge in [0.15, 0.2) is 0 Å². The largest absolute Gasteiger partial charge is 0.478 e. The van der Waals surface area contributed by atoms with Gasteiger partial charge in [-0.05, 0) is 18.7 Å². The van der Waals surface area contributed by atoms with Crippen LogP contribution in [0.4, 0.5) is 0 Å². The van der Waals surface area contributed by atoms with E-state index in [9.17, 15) is 4.79 Å². The van der Waals surface area contributed by atoms with Crippen LogP contribution in [0.1, 0.15) is 15.9 Å². The van der Waals surface area contributed by atoms with Gasteiger partial charge in [-0.3, -0.25) is 0 Å². The minimum Gasteiger partial charge on any atom is -0.478 e. The Kier molecular flexibility index (Phi) is 2.66. The molecule has 2 aromatic rings. The number of carboxylic acids is 1. The van der Waals surface area contributed by atoms with Gasteiger partial charge in [0.1, 0.15) is 0 Å². The van der Waals surface area contributed by atoms with E-state index < -0.39 is 5.97 Å². The molecular formula is C12H14N2O2. The van der Waals surface area contributed by atoms with E-state index >= 15 is 0 Å². The molecule has 0 spiro atoms. The second-order valence-electron chi connectivity index (χ2n) is 3.80. The van der Waals surface area contributed by atoms with Crippen molar-refractivity contribution < 1.29 is 9.90 Å². The van der Waals surface area contributed by atoms with Crippen molar-refractivity contribution in [1.82, 2.24) is 9.88 Å². The molecule has 0 bridgehead atoms. The third-order valence-electron chi connectivity index (χ3n) is 2.68. The van der Waals surface area contributed by atoms with Crippen molar-refractivity contribution in [2.24, 2.45) is 7.05 Å². The van der Waals surface area contributed by atoms with Crippen molar-refractivity contribution in [2.45, 2.75) is 6.54 Å². The molecule has 16 heavy (non-hydrogen) atoms. The molecule has 4 nitrogen and oxygen atoms in total. The molecule has 0 aliphatic carbocycles. The number of fused-ring (bicyclic) bond motifs is 1. The number of para-hydroxylation sites is 1. The maximum Gasteiger partial charge on any atom is 0.337 e. The molecule has 4 heteroatoms. The van der Waals surface area contributed by atoms with E-state index in [1.54, 1.807) is 12.1 Å². The number of carboxylic acid groups (broad SMARTS) is 1. The van der Waals surface area contributed by atoms with E-state index in [0.717, 1.165) is 23.0 Å². The van der Waals surface area contributed by atoms with Gasteiger partial charge in [0.05, 0.1) is 11.1 Å². The first-order valence-corrected chi connectivity index (χ1v) is 5.10. The fourth-order valence-electron chi connectivity index (χ4n) is 2.05. The fourth-order valence-corrected chi connectivity index (χ4v) is 2.05. The summed E-state index contributed by atoms with van der Waals surface area (Å²) in [5.74, 6) is -0.886. The zero-order valence-corrected chi connectivity index (χ0v) is 9.32. The summed E-state index contributed by atoms with van der Waals surface area (Å²) in [4.78, 5) is 11.1. The number of nitrogens with zero attached hydrogens (tertiary/aromatic N) is 1. The van der Waals surface area contributed by atoms with Crippen LogP contribution < -0.4 is 5.32 Å². The molecule has 2 rings (SSSR count). The zero-order valence-electron chi connectivity index (χ0n) is 9.32. The molecule has 84 valence electrons. The molecule has 1 heterocycles. The smallest absolute Gasteiger partial charge is 0.337 e. The third-order valence-corrected chi connectivity index (χ3v) is 2.68. The summed E-state index contributed by atoms with van der Waals surface area (Å²) in [5.41, 5.74) is 2.24. The van der Waals surface area contributed by atoms with E-state index in [-0.39, 0.29) is 0 Å². The Bertz CT molecular complexity index is 543. The molecule has 0 saturated heterocycles. The number of hydrogen-bond donors (Lipinski definition) is 2. The first-order chi connectivity index (χ1) is 7.65. The second-order valence-corrected chi connectivity index (χ2v) is 3.80. The van der Waals surface area contributed by atoms with Crippen molar-refractivity contribution in [3.05, 3.63) is 35.5 Å². The Morgan fingerprint density at radius 1 is 1.50 bits per heavy atom. The number of aromatic nitrogens is 1. The average Bonchev–Trinajstić information content (AvgIpc) is 2.57. The molecule has 2 N–H and O–H groups in total. The molecule has 1 aromatic carbocycles. The van der Waals surface area contributed by atoms with Gasteiger partial charge in [-0.15, -0.1) is 0 Å². The number of benzene rings is 1. The van der Waals surface area contributed by atoms with Gasteiger partial charge < -0.3 is 15.0 Å². The lowest BCUT2D eigenvalue weighted by atomic mass is 10.1. The Labute approximate surface area is 93.5 Å². The molecule has 1 aromatic heterocycles. The van der Waals surface area contributed by atoms with Gasteiger partial charge in [-0.2, -0.15) is 0 Å². The van der Waals surface area contributed by atoms with Gasteiger partial charge >= 0.3 is 5.97 Å². The van der Waals surface area contributed by atoms with Crippen LogP contribution in [0.15, 0.2) is 24.4 Å².